The summed E-state index contributed by atoms with van der Waals surface area (Å²) in [4.78, 5) is 11.6. The standard InChI is InChI=1S/C12H13BrF2O/c13-7-3-1-2-4-12(16)10-8-9(14)5-6-11(10)15/h5-6,8H,1-4,7H2. The van der Waals surface area contributed by atoms with Crippen molar-refractivity contribution in [3.05, 3.63) is 35.4 Å². The summed E-state index contributed by atoms with van der Waals surface area (Å²) in [7, 11) is 0. The van der Waals surface area contributed by atoms with Crippen LogP contribution >= 0.6 is 15.9 Å². The van der Waals surface area contributed by atoms with Crippen molar-refractivity contribution in [1.82, 2.24) is 0 Å². The van der Waals surface area contributed by atoms with Crippen LogP contribution < -0.4 is 0 Å². The van der Waals surface area contributed by atoms with Gasteiger partial charge in [0.2, 0.25) is 0 Å². The van der Waals surface area contributed by atoms with Gasteiger partial charge in [-0.05, 0) is 31.0 Å². The number of hydrogen-bond donors (Lipinski definition) is 0. The Hall–Kier alpha value is -0.770. The predicted octanol–water partition coefficient (Wildman–Crippen LogP) is 4.10. The molecule has 0 amide bonds. The molecule has 0 bridgehead atoms. The lowest BCUT2D eigenvalue weighted by atomic mass is 10.0. The molecule has 0 aromatic heterocycles. The van der Waals surface area contributed by atoms with E-state index in [1.807, 2.05) is 0 Å². The van der Waals surface area contributed by atoms with Crippen molar-refractivity contribution < 1.29 is 13.6 Å². The summed E-state index contributed by atoms with van der Waals surface area (Å²) in [6.45, 7) is 0. The van der Waals surface area contributed by atoms with Gasteiger partial charge in [-0.15, -0.1) is 0 Å². The van der Waals surface area contributed by atoms with Gasteiger partial charge in [-0.2, -0.15) is 0 Å². The number of ketones is 1. The van der Waals surface area contributed by atoms with Gasteiger partial charge in [-0.1, -0.05) is 22.4 Å². The number of alkyl halides is 1. The topological polar surface area (TPSA) is 17.1 Å². The minimum atomic E-state index is -0.646. The van der Waals surface area contributed by atoms with Crippen molar-refractivity contribution in [2.24, 2.45) is 0 Å². The summed E-state index contributed by atoms with van der Waals surface area (Å²) in [5, 5.41) is 0.898. The minimum absolute atomic E-state index is 0.140. The van der Waals surface area contributed by atoms with Gasteiger partial charge in [0.05, 0.1) is 5.56 Å². The fraction of sp³-hybridized carbons (Fsp3) is 0.417. The first kappa shape index (κ1) is 13.3. The van der Waals surface area contributed by atoms with Crippen LogP contribution in [0.3, 0.4) is 0 Å². The lowest BCUT2D eigenvalue weighted by Crippen LogP contribution is -2.03. The van der Waals surface area contributed by atoms with Crippen molar-refractivity contribution in [1.29, 1.82) is 0 Å². The number of unbranched alkanes of at least 4 members (excludes halogenated alkanes) is 2. The van der Waals surface area contributed by atoms with Gasteiger partial charge in [0, 0.05) is 11.8 Å². The largest absolute Gasteiger partial charge is 0.294 e. The van der Waals surface area contributed by atoms with Gasteiger partial charge in [0.25, 0.3) is 0 Å². The van der Waals surface area contributed by atoms with Crippen LogP contribution in [0.4, 0.5) is 8.78 Å². The molecule has 0 unspecified atom stereocenters. The molecular formula is C12H13BrF2O. The Balaban J connectivity index is 2.55. The first-order chi connectivity index (χ1) is 7.65. The number of carbonyl (C=O) groups excluding carboxylic acids is 1. The highest BCUT2D eigenvalue weighted by atomic mass is 79.9. The van der Waals surface area contributed by atoms with Crippen molar-refractivity contribution in [2.75, 3.05) is 5.33 Å². The number of benzene rings is 1. The molecule has 0 saturated carbocycles. The Morgan fingerprint density at radius 1 is 1.19 bits per heavy atom. The third kappa shape index (κ3) is 4.00. The summed E-state index contributed by atoms with van der Waals surface area (Å²) in [6, 6.07) is 2.96. The Morgan fingerprint density at radius 2 is 1.94 bits per heavy atom. The van der Waals surface area contributed by atoms with Crippen LogP contribution in [0.25, 0.3) is 0 Å². The molecule has 1 aromatic carbocycles. The van der Waals surface area contributed by atoms with E-state index in [9.17, 15) is 13.6 Å². The monoisotopic (exact) mass is 290 g/mol. The van der Waals surface area contributed by atoms with Gasteiger partial charge in [-0.3, -0.25) is 4.79 Å². The summed E-state index contributed by atoms with van der Waals surface area (Å²) in [5.74, 6) is -1.55. The van der Waals surface area contributed by atoms with Crippen LogP contribution in [0, 0.1) is 11.6 Å². The molecule has 0 spiro atoms. The SMILES string of the molecule is O=C(CCCCCBr)c1cc(F)ccc1F. The fourth-order valence-electron chi connectivity index (χ4n) is 1.40. The van der Waals surface area contributed by atoms with Crippen LogP contribution in [-0.2, 0) is 0 Å². The summed E-state index contributed by atoms with van der Waals surface area (Å²) >= 11 is 3.29. The maximum Gasteiger partial charge on any atom is 0.165 e. The zero-order chi connectivity index (χ0) is 12.0. The molecule has 0 fully saturated rings. The molecule has 0 N–H and O–H groups in total. The Morgan fingerprint density at radius 3 is 2.62 bits per heavy atom. The van der Waals surface area contributed by atoms with Gasteiger partial charge >= 0.3 is 0 Å². The maximum atomic E-state index is 13.2. The van der Waals surface area contributed by atoms with Crippen LogP contribution in [0.1, 0.15) is 36.0 Å². The smallest absolute Gasteiger partial charge is 0.165 e. The highest BCUT2D eigenvalue weighted by Crippen LogP contribution is 2.14. The third-order valence-electron chi connectivity index (χ3n) is 2.27. The molecule has 0 atom stereocenters. The van der Waals surface area contributed by atoms with Gasteiger partial charge in [0.15, 0.2) is 5.78 Å². The molecule has 88 valence electrons. The second-order valence-corrected chi connectivity index (χ2v) is 4.34. The van der Waals surface area contributed by atoms with Crippen molar-refractivity contribution >= 4 is 21.7 Å². The highest BCUT2D eigenvalue weighted by Gasteiger charge is 2.12. The Labute approximate surface area is 102 Å². The molecule has 0 aliphatic carbocycles. The number of Topliss-reactive ketones (excluding diaryl/α,β-unsaturated/α-hetero) is 1. The van der Waals surface area contributed by atoms with E-state index < -0.39 is 11.6 Å². The molecule has 16 heavy (non-hydrogen) atoms. The van der Waals surface area contributed by atoms with E-state index in [0.29, 0.717) is 6.42 Å². The average molecular weight is 291 g/mol. The van der Waals surface area contributed by atoms with Crippen molar-refractivity contribution in [3.63, 3.8) is 0 Å². The molecule has 1 rings (SSSR count). The third-order valence-corrected chi connectivity index (χ3v) is 2.83. The van der Waals surface area contributed by atoms with E-state index in [-0.39, 0.29) is 17.8 Å². The highest BCUT2D eigenvalue weighted by molar-refractivity contribution is 9.09. The van der Waals surface area contributed by atoms with E-state index >= 15 is 0 Å². The van der Waals surface area contributed by atoms with Gasteiger partial charge < -0.3 is 0 Å². The van der Waals surface area contributed by atoms with E-state index in [1.54, 1.807) is 0 Å². The molecule has 0 aliphatic rings. The second-order valence-electron chi connectivity index (χ2n) is 3.55. The minimum Gasteiger partial charge on any atom is -0.294 e. The molecule has 0 saturated heterocycles. The van der Waals surface area contributed by atoms with E-state index in [4.69, 9.17) is 0 Å². The van der Waals surface area contributed by atoms with Crippen molar-refractivity contribution in [2.45, 2.75) is 25.7 Å². The summed E-state index contributed by atoms with van der Waals surface area (Å²) in [5.41, 5.74) is -0.140. The maximum absolute atomic E-state index is 13.2. The van der Waals surface area contributed by atoms with Gasteiger partial charge in [0.1, 0.15) is 11.6 Å². The van der Waals surface area contributed by atoms with Crippen LogP contribution in [0.2, 0.25) is 0 Å². The summed E-state index contributed by atoms with van der Waals surface area (Å²) < 4.78 is 26.0. The number of hydrogen-bond acceptors (Lipinski definition) is 1. The van der Waals surface area contributed by atoms with E-state index in [1.165, 1.54) is 0 Å². The molecule has 4 heteroatoms. The quantitative estimate of drug-likeness (QED) is 0.438. The molecule has 0 radical (unpaired) electrons. The van der Waals surface area contributed by atoms with Crippen LogP contribution in [-0.4, -0.2) is 11.1 Å². The Kier molecular flexibility index (Phi) is 5.60. The van der Waals surface area contributed by atoms with Crippen LogP contribution in [0.5, 0.6) is 0 Å². The lowest BCUT2D eigenvalue weighted by Gasteiger charge is -2.02. The van der Waals surface area contributed by atoms with E-state index in [2.05, 4.69) is 15.9 Å². The molecule has 1 nitrogen and oxygen atoms in total. The van der Waals surface area contributed by atoms with Crippen LogP contribution in [0.15, 0.2) is 18.2 Å². The summed E-state index contributed by atoms with van der Waals surface area (Å²) in [6.07, 6.45) is 2.88. The predicted molar refractivity (Wildman–Crippen MR) is 63.0 cm³/mol. The number of rotatable bonds is 6. The molecule has 0 heterocycles. The zero-order valence-electron chi connectivity index (χ0n) is 8.81. The zero-order valence-corrected chi connectivity index (χ0v) is 10.4. The van der Waals surface area contributed by atoms with Crippen molar-refractivity contribution in [3.8, 4) is 0 Å². The Bertz CT molecular complexity index is 366. The normalized spacial score (nSPS) is 10.4. The second kappa shape index (κ2) is 6.74. The molecule has 0 aliphatic heterocycles. The lowest BCUT2D eigenvalue weighted by molar-refractivity contribution is 0.0975. The fourth-order valence-corrected chi connectivity index (χ4v) is 1.80. The molecular weight excluding hydrogens is 278 g/mol. The number of halogens is 3. The van der Waals surface area contributed by atoms with E-state index in [0.717, 1.165) is 36.4 Å². The first-order valence-corrected chi connectivity index (χ1v) is 6.31. The first-order valence-electron chi connectivity index (χ1n) is 5.19. The molecule has 1 aromatic rings. The van der Waals surface area contributed by atoms with Gasteiger partial charge in [-0.25, -0.2) is 8.78 Å². The average Bonchev–Trinajstić information content (AvgIpc) is 2.27. The number of carbonyl (C=O) groups is 1.